The second-order valence-corrected chi connectivity index (χ2v) is 8.80. The molecule has 158 valence electrons. The topological polar surface area (TPSA) is 53.1 Å². The molecule has 6 nitrogen and oxygen atoms in total. The summed E-state index contributed by atoms with van der Waals surface area (Å²) in [6.07, 6.45) is 4.34. The molecule has 6 heteroatoms. The zero-order valence-electron chi connectivity index (χ0n) is 17.5. The van der Waals surface area contributed by atoms with E-state index >= 15 is 0 Å². The third-order valence-corrected chi connectivity index (χ3v) is 6.93. The molecule has 1 spiro atoms. The van der Waals surface area contributed by atoms with Gasteiger partial charge in [-0.1, -0.05) is 18.2 Å². The van der Waals surface area contributed by atoms with Gasteiger partial charge in [-0.05, 0) is 43.7 Å². The Hall–Kier alpha value is -2.08. The Balaban J connectivity index is 1.26. The van der Waals surface area contributed by atoms with Crippen molar-refractivity contribution >= 4 is 17.5 Å². The summed E-state index contributed by atoms with van der Waals surface area (Å²) in [7, 11) is 0. The van der Waals surface area contributed by atoms with Crippen molar-refractivity contribution in [2.24, 2.45) is 5.92 Å². The van der Waals surface area contributed by atoms with Crippen molar-refractivity contribution in [2.45, 2.75) is 44.6 Å². The summed E-state index contributed by atoms with van der Waals surface area (Å²) in [4.78, 5) is 30.8. The van der Waals surface area contributed by atoms with Gasteiger partial charge in [0, 0.05) is 64.9 Å². The average Bonchev–Trinajstić information content (AvgIpc) is 2.75. The number of para-hydroxylation sites is 1. The van der Waals surface area contributed by atoms with E-state index in [0.717, 1.165) is 71.6 Å². The molecule has 4 rings (SSSR count). The van der Waals surface area contributed by atoms with Crippen LogP contribution in [0.3, 0.4) is 0 Å². The Kier molecular flexibility index (Phi) is 6.09. The Bertz CT molecular complexity index is 707. The predicted octanol–water partition coefficient (Wildman–Crippen LogP) is 2.53. The highest BCUT2D eigenvalue weighted by molar-refractivity contribution is 5.77. The van der Waals surface area contributed by atoms with Crippen LogP contribution in [0.5, 0.6) is 0 Å². The molecular formula is C23H33N3O3. The van der Waals surface area contributed by atoms with E-state index in [1.165, 1.54) is 5.69 Å². The predicted molar refractivity (Wildman–Crippen MR) is 113 cm³/mol. The molecule has 3 saturated heterocycles. The number of likely N-dealkylation sites (tertiary alicyclic amines) is 1. The summed E-state index contributed by atoms with van der Waals surface area (Å²) >= 11 is 0. The number of amides is 2. The quantitative estimate of drug-likeness (QED) is 0.784. The molecule has 3 aliphatic rings. The van der Waals surface area contributed by atoms with Crippen LogP contribution in [0.2, 0.25) is 0 Å². The van der Waals surface area contributed by atoms with Crippen LogP contribution >= 0.6 is 0 Å². The molecule has 3 aliphatic heterocycles. The highest BCUT2D eigenvalue weighted by Gasteiger charge is 2.41. The average molecular weight is 400 g/mol. The van der Waals surface area contributed by atoms with Crippen molar-refractivity contribution in [1.82, 2.24) is 9.80 Å². The molecule has 1 aromatic carbocycles. The largest absolute Gasteiger partial charge is 0.375 e. The SMILES string of the molecule is CC(=O)N1CCC2(CC1)CC(CC(=O)N1CCN(c3ccccc3)CC1)CCO2. The maximum atomic E-state index is 12.9. The lowest BCUT2D eigenvalue weighted by Gasteiger charge is -2.46. The molecule has 0 aromatic heterocycles. The van der Waals surface area contributed by atoms with E-state index in [4.69, 9.17) is 4.74 Å². The van der Waals surface area contributed by atoms with E-state index in [1.54, 1.807) is 6.92 Å². The minimum atomic E-state index is -0.124. The van der Waals surface area contributed by atoms with Crippen molar-refractivity contribution in [3.05, 3.63) is 30.3 Å². The van der Waals surface area contributed by atoms with E-state index in [9.17, 15) is 9.59 Å². The first-order chi connectivity index (χ1) is 14.0. The van der Waals surface area contributed by atoms with Gasteiger partial charge in [0.1, 0.15) is 0 Å². The Morgan fingerprint density at radius 3 is 2.34 bits per heavy atom. The molecule has 29 heavy (non-hydrogen) atoms. The Morgan fingerprint density at radius 1 is 1.00 bits per heavy atom. The molecule has 0 aliphatic carbocycles. The minimum Gasteiger partial charge on any atom is -0.375 e. The normalized spacial score (nSPS) is 24.6. The van der Waals surface area contributed by atoms with E-state index in [2.05, 4.69) is 29.2 Å². The van der Waals surface area contributed by atoms with E-state index in [0.29, 0.717) is 18.2 Å². The summed E-state index contributed by atoms with van der Waals surface area (Å²) in [6.45, 7) is 7.32. The van der Waals surface area contributed by atoms with E-state index in [-0.39, 0.29) is 11.5 Å². The second-order valence-electron chi connectivity index (χ2n) is 8.80. The molecule has 0 N–H and O–H groups in total. The van der Waals surface area contributed by atoms with Gasteiger partial charge in [0.25, 0.3) is 0 Å². The zero-order valence-corrected chi connectivity index (χ0v) is 17.5. The number of hydrogen-bond acceptors (Lipinski definition) is 4. The number of ether oxygens (including phenoxy) is 1. The van der Waals surface area contributed by atoms with Crippen LogP contribution in [-0.2, 0) is 14.3 Å². The molecule has 3 heterocycles. The van der Waals surface area contributed by atoms with Gasteiger partial charge in [0.2, 0.25) is 11.8 Å². The molecular weight excluding hydrogens is 366 g/mol. The number of benzene rings is 1. The Labute approximate surface area is 173 Å². The summed E-state index contributed by atoms with van der Waals surface area (Å²) in [5.74, 6) is 0.838. The van der Waals surface area contributed by atoms with Crippen LogP contribution in [0.1, 0.15) is 39.0 Å². The van der Waals surface area contributed by atoms with Crippen LogP contribution < -0.4 is 4.90 Å². The number of nitrogens with zero attached hydrogens (tertiary/aromatic N) is 3. The van der Waals surface area contributed by atoms with Crippen molar-refractivity contribution in [3.63, 3.8) is 0 Å². The lowest BCUT2D eigenvalue weighted by molar-refractivity contribution is -0.148. The number of piperidine rings is 1. The third-order valence-electron chi connectivity index (χ3n) is 6.93. The lowest BCUT2D eigenvalue weighted by Crippen LogP contribution is -2.51. The number of rotatable bonds is 3. The van der Waals surface area contributed by atoms with Crippen LogP contribution in [0.15, 0.2) is 30.3 Å². The molecule has 1 unspecified atom stereocenters. The standard InChI is InChI=1S/C23H33N3O3/c1-19(27)24-10-8-23(9-11-24)18-20(7-16-29-23)17-22(28)26-14-12-25(13-15-26)21-5-3-2-4-6-21/h2-6,20H,7-18H2,1H3. The fraction of sp³-hybridized carbons (Fsp3) is 0.652. The second kappa shape index (κ2) is 8.74. The lowest BCUT2D eigenvalue weighted by atomic mass is 9.78. The maximum absolute atomic E-state index is 12.9. The van der Waals surface area contributed by atoms with Gasteiger partial charge in [-0.25, -0.2) is 0 Å². The van der Waals surface area contributed by atoms with Crippen molar-refractivity contribution in [3.8, 4) is 0 Å². The minimum absolute atomic E-state index is 0.124. The van der Waals surface area contributed by atoms with Crippen LogP contribution in [0.25, 0.3) is 0 Å². The van der Waals surface area contributed by atoms with Crippen LogP contribution in [0, 0.1) is 5.92 Å². The van der Waals surface area contributed by atoms with Gasteiger partial charge < -0.3 is 19.4 Å². The van der Waals surface area contributed by atoms with Gasteiger partial charge in [0.15, 0.2) is 0 Å². The molecule has 2 amide bonds. The fourth-order valence-electron chi connectivity index (χ4n) is 5.11. The molecule has 0 saturated carbocycles. The molecule has 0 bridgehead atoms. The summed E-state index contributed by atoms with van der Waals surface area (Å²) < 4.78 is 6.19. The van der Waals surface area contributed by atoms with Gasteiger partial charge in [-0.3, -0.25) is 9.59 Å². The van der Waals surface area contributed by atoms with Crippen LogP contribution in [0.4, 0.5) is 5.69 Å². The summed E-state index contributed by atoms with van der Waals surface area (Å²) in [6, 6.07) is 10.4. The number of hydrogen-bond donors (Lipinski definition) is 0. The van der Waals surface area contributed by atoms with Gasteiger partial charge in [-0.15, -0.1) is 0 Å². The van der Waals surface area contributed by atoms with Gasteiger partial charge >= 0.3 is 0 Å². The third kappa shape index (κ3) is 4.74. The van der Waals surface area contributed by atoms with Crippen molar-refractivity contribution < 1.29 is 14.3 Å². The Morgan fingerprint density at radius 2 is 1.69 bits per heavy atom. The van der Waals surface area contributed by atoms with Gasteiger partial charge in [-0.2, -0.15) is 0 Å². The van der Waals surface area contributed by atoms with Crippen molar-refractivity contribution in [1.29, 1.82) is 0 Å². The molecule has 1 aromatic rings. The summed E-state index contributed by atoms with van der Waals surface area (Å²) in [5.41, 5.74) is 1.11. The molecule has 0 radical (unpaired) electrons. The highest BCUT2D eigenvalue weighted by atomic mass is 16.5. The van der Waals surface area contributed by atoms with E-state index < -0.39 is 0 Å². The number of carbonyl (C=O) groups excluding carboxylic acids is 2. The van der Waals surface area contributed by atoms with Gasteiger partial charge in [0.05, 0.1) is 5.60 Å². The molecule has 3 fully saturated rings. The monoisotopic (exact) mass is 399 g/mol. The summed E-state index contributed by atoms with van der Waals surface area (Å²) in [5, 5.41) is 0. The number of anilines is 1. The molecule has 1 atom stereocenters. The smallest absolute Gasteiger partial charge is 0.222 e. The highest BCUT2D eigenvalue weighted by Crippen LogP contribution is 2.39. The first kappa shape index (κ1) is 20.2. The van der Waals surface area contributed by atoms with Crippen molar-refractivity contribution in [2.75, 3.05) is 50.8 Å². The first-order valence-corrected chi connectivity index (χ1v) is 11.0. The zero-order chi connectivity index (χ0) is 20.3. The van der Waals surface area contributed by atoms with E-state index in [1.807, 2.05) is 15.9 Å². The maximum Gasteiger partial charge on any atom is 0.222 e. The first-order valence-electron chi connectivity index (χ1n) is 11.0. The number of piperazine rings is 1. The fourth-order valence-corrected chi connectivity index (χ4v) is 5.11. The number of carbonyl (C=O) groups is 2. The van der Waals surface area contributed by atoms with Crippen LogP contribution in [-0.4, -0.2) is 73.1 Å².